The number of hydrogen-bond donors (Lipinski definition) is 2. The Labute approximate surface area is 199 Å². The van der Waals surface area contributed by atoms with Crippen LogP contribution < -0.4 is 5.43 Å². The average molecular weight is 473 g/mol. The lowest BCUT2D eigenvalue weighted by molar-refractivity contribution is -0.124. The molecule has 0 atom stereocenters. The number of nitrogens with one attached hydrogen (secondary N) is 2. The Hall–Kier alpha value is -3.91. The number of fused-ring (bicyclic) bond motifs is 1. The second kappa shape index (κ2) is 9.52. The number of amidine groups is 1. The Bertz CT molecular complexity index is 1390. The molecule has 8 heteroatoms. The van der Waals surface area contributed by atoms with Crippen molar-refractivity contribution in [1.82, 2.24) is 15.3 Å². The number of carbonyl (C=O) groups excluding carboxylic acids is 2. The van der Waals surface area contributed by atoms with Crippen LogP contribution in [0, 0.1) is 5.82 Å². The van der Waals surface area contributed by atoms with Crippen LogP contribution in [0.1, 0.15) is 16.1 Å². The minimum Gasteiger partial charge on any atom is -0.350 e. The Morgan fingerprint density at radius 2 is 1.79 bits per heavy atom. The Balaban J connectivity index is 1.41. The minimum absolute atomic E-state index is 0.0417. The van der Waals surface area contributed by atoms with E-state index in [1.165, 1.54) is 23.9 Å². The smallest absolute Gasteiger partial charge is 0.288 e. The molecule has 170 valence electrons. The molecule has 1 saturated heterocycles. The van der Waals surface area contributed by atoms with Crippen LogP contribution in [-0.2, 0) is 11.2 Å². The Morgan fingerprint density at radius 1 is 1.06 bits per heavy atom. The lowest BCUT2D eigenvalue weighted by Crippen LogP contribution is -2.33. The molecule has 6 nitrogen and oxygen atoms in total. The van der Waals surface area contributed by atoms with Gasteiger partial charge in [0.05, 0.1) is 5.75 Å². The molecule has 3 aromatic carbocycles. The Morgan fingerprint density at radius 3 is 2.56 bits per heavy atom. The van der Waals surface area contributed by atoms with Crippen LogP contribution in [0.4, 0.5) is 4.39 Å². The van der Waals surface area contributed by atoms with Gasteiger partial charge in [0.1, 0.15) is 11.5 Å². The lowest BCUT2D eigenvalue weighted by atomic mass is 10.0. The monoisotopic (exact) mass is 472 g/mol. The van der Waals surface area contributed by atoms with Crippen molar-refractivity contribution in [3.8, 4) is 11.1 Å². The summed E-state index contributed by atoms with van der Waals surface area (Å²) in [6.07, 6.45) is 0.686. The highest BCUT2D eigenvalue weighted by atomic mass is 32.2. The Kier molecular flexibility index (Phi) is 6.14. The average Bonchev–Trinajstić information content (AvgIpc) is 3.42. The van der Waals surface area contributed by atoms with E-state index in [2.05, 4.69) is 15.5 Å². The molecule has 1 aromatic heterocycles. The first kappa shape index (κ1) is 21.9. The highest BCUT2D eigenvalue weighted by Gasteiger charge is 2.28. The molecule has 1 aliphatic heterocycles. The second-order valence-electron chi connectivity index (χ2n) is 7.84. The SMILES string of the molecule is O=C(N/N=C1\SCC(=O)N1CCc1ccccc1)c1[nH]c2ccc(F)cc2c1-c1ccccc1. The van der Waals surface area contributed by atoms with Gasteiger partial charge in [0.2, 0.25) is 5.91 Å². The molecular formula is C26H21FN4O2S. The number of carbonyl (C=O) groups is 2. The van der Waals surface area contributed by atoms with Crippen molar-refractivity contribution < 1.29 is 14.0 Å². The number of amides is 2. The fourth-order valence-corrected chi connectivity index (χ4v) is 4.85. The first-order chi connectivity index (χ1) is 16.6. The fraction of sp³-hybridized carbons (Fsp3) is 0.115. The molecule has 0 unspecified atom stereocenters. The minimum atomic E-state index is -0.467. The van der Waals surface area contributed by atoms with Crippen molar-refractivity contribution >= 4 is 39.6 Å². The van der Waals surface area contributed by atoms with Gasteiger partial charge in [-0.25, -0.2) is 9.82 Å². The van der Waals surface area contributed by atoms with Crippen LogP contribution in [0.3, 0.4) is 0 Å². The van der Waals surface area contributed by atoms with Crippen molar-refractivity contribution in [2.75, 3.05) is 12.3 Å². The van der Waals surface area contributed by atoms with Gasteiger partial charge >= 0.3 is 0 Å². The fourth-order valence-electron chi connectivity index (χ4n) is 3.98. The summed E-state index contributed by atoms with van der Waals surface area (Å²) in [6.45, 7) is 0.478. The van der Waals surface area contributed by atoms with Gasteiger partial charge in [0.25, 0.3) is 5.91 Å². The van der Waals surface area contributed by atoms with Crippen LogP contribution in [0.5, 0.6) is 0 Å². The van der Waals surface area contributed by atoms with Crippen molar-refractivity contribution in [2.45, 2.75) is 6.42 Å². The zero-order chi connectivity index (χ0) is 23.5. The van der Waals surface area contributed by atoms with Crippen LogP contribution in [0.25, 0.3) is 22.0 Å². The quantitative estimate of drug-likeness (QED) is 0.396. The second-order valence-corrected chi connectivity index (χ2v) is 8.78. The van der Waals surface area contributed by atoms with Crippen molar-refractivity contribution in [1.29, 1.82) is 0 Å². The van der Waals surface area contributed by atoms with Gasteiger partial charge in [0.15, 0.2) is 5.17 Å². The third-order valence-electron chi connectivity index (χ3n) is 5.63. The number of nitrogens with zero attached hydrogens (tertiary/aromatic N) is 2. The molecule has 2 N–H and O–H groups in total. The van der Waals surface area contributed by atoms with E-state index in [4.69, 9.17) is 0 Å². The van der Waals surface area contributed by atoms with Gasteiger partial charge in [-0.05, 0) is 35.7 Å². The number of hydrazone groups is 1. The number of thioether (sulfide) groups is 1. The summed E-state index contributed by atoms with van der Waals surface area (Å²) >= 11 is 1.29. The first-order valence-corrected chi connectivity index (χ1v) is 11.8. The highest BCUT2D eigenvalue weighted by Crippen LogP contribution is 2.33. The molecule has 0 aliphatic carbocycles. The van der Waals surface area contributed by atoms with E-state index < -0.39 is 5.91 Å². The molecule has 2 amide bonds. The predicted octanol–water partition coefficient (Wildman–Crippen LogP) is 4.79. The summed E-state index contributed by atoms with van der Waals surface area (Å²) in [5, 5.41) is 5.32. The molecule has 0 bridgehead atoms. The molecule has 0 spiro atoms. The zero-order valence-electron chi connectivity index (χ0n) is 18.1. The maximum Gasteiger partial charge on any atom is 0.288 e. The molecule has 0 saturated carbocycles. The van der Waals surface area contributed by atoms with Gasteiger partial charge in [-0.15, -0.1) is 5.10 Å². The van der Waals surface area contributed by atoms with E-state index in [0.29, 0.717) is 34.6 Å². The molecule has 0 radical (unpaired) electrons. The van der Waals surface area contributed by atoms with Crippen molar-refractivity contribution in [3.05, 3.63) is 95.9 Å². The van der Waals surface area contributed by atoms with E-state index in [0.717, 1.165) is 11.1 Å². The normalized spacial score (nSPS) is 14.8. The number of hydrogen-bond acceptors (Lipinski definition) is 4. The highest BCUT2D eigenvalue weighted by molar-refractivity contribution is 8.15. The molecule has 2 heterocycles. The number of aromatic amines is 1. The largest absolute Gasteiger partial charge is 0.350 e. The van der Waals surface area contributed by atoms with Gasteiger partial charge in [-0.3, -0.25) is 14.5 Å². The maximum absolute atomic E-state index is 14.0. The zero-order valence-corrected chi connectivity index (χ0v) is 18.9. The summed E-state index contributed by atoms with van der Waals surface area (Å²) in [7, 11) is 0. The van der Waals surface area contributed by atoms with E-state index in [-0.39, 0.29) is 23.2 Å². The van der Waals surface area contributed by atoms with Crippen LogP contribution in [0.15, 0.2) is 84.0 Å². The summed E-state index contributed by atoms with van der Waals surface area (Å²) in [5.41, 5.74) is 6.01. The first-order valence-electron chi connectivity index (χ1n) is 10.8. The van der Waals surface area contributed by atoms with E-state index in [9.17, 15) is 14.0 Å². The van der Waals surface area contributed by atoms with Crippen LogP contribution >= 0.6 is 11.8 Å². The number of rotatable bonds is 6. The van der Waals surface area contributed by atoms with Gasteiger partial charge < -0.3 is 4.98 Å². The maximum atomic E-state index is 14.0. The summed E-state index contributed by atoms with van der Waals surface area (Å²) in [5.74, 6) is -0.610. The lowest BCUT2D eigenvalue weighted by Gasteiger charge is -2.15. The molecule has 1 aliphatic rings. The molecular weight excluding hydrogens is 451 g/mol. The predicted molar refractivity (Wildman–Crippen MR) is 133 cm³/mol. The standard InChI is InChI=1S/C26H21FN4O2S/c27-19-11-12-21-20(15-19)23(18-9-5-2-6-10-18)24(28-21)25(33)29-30-26-31(22(32)16-34-26)14-13-17-7-3-1-4-8-17/h1-12,15,28H,13-14,16H2,(H,29,33)/b30-26-. The number of aromatic nitrogens is 1. The third-order valence-corrected chi connectivity index (χ3v) is 6.59. The summed E-state index contributed by atoms with van der Waals surface area (Å²) < 4.78 is 14.0. The van der Waals surface area contributed by atoms with Crippen molar-refractivity contribution in [2.24, 2.45) is 5.10 Å². The molecule has 5 rings (SSSR count). The number of H-pyrrole nitrogens is 1. The number of benzene rings is 3. The van der Waals surface area contributed by atoms with Crippen LogP contribution in [-0.4, -0.2) is 39.2 Å². The van der Waals surface area contributed by atoms with Crippen molar-refractivity contribution in [3.63, 3.8) is 0 Å². The van der Waals surface area contributed by atoms with Gasteiger partial charge in [-0.1, -0.05) is 72.4 Å². The number of halogens is 1. The molecule has 34 heavy (non-hydrogen) atoms. The topological polar surface area (TPSA) is 77.6 Å². The summed E-state index contributed by atoms with van der Waals surface area (Å²) in [4.78, 5) is 30.2. The molecule has 1 fully saturated rings. The molecule has 4 aromatic rings. The summed E-state index contributed by atoms with van der Waals surface area (Å²) in [6, 6.07) is 23.6. The van der Waals surface area contributed by atoms with Gasteiger partial charge in [-0.2, -0.15) is 0 Å². The van der Waals surface area contributed by atoms with E-state index in [1.807, 2.05) is 60.7 Å². The third kappa shape index (κ3) is 4.45. The van der Waals surface area contributed by atoms with E-state index >= 15 is 0 Å². The van der Waals surface area contributed by atoms with E-state index in [1.54, 1.807) is 11.0 Å². The van der Waals surface area contributed by atoms with Crippen LogP contribution in [0.2, 0.25) is 0 Å². The van der Waals surface area contributed by atoms with Gasteiger partial charge in [0, 0.05) is 23.0 Å².